The van der Waals surface area contributed by atoms with Gasteiger partial charge in [0.05, 0.1) is 6.10 Å². The number of aliphatic hydroxyl groups is 1. The highest BCUT2D eigenvalue weighted by molar-refractivity contribution is 5.61. The van der Waals surface area contributed by atoms with Crippen molar-refractivity contribution in [1.82, 2.24) is 5.32 Å². The van der Waals surface area contributed by atoms with E-state index in [-0.39, 0.29) is 17.3 Å². The van der Waals surface area contributed by atoms with Gasteiger partial charge in [-0.1, -0.05) is 18.2 Å². The Hall–Kier alpha value is -1.52. The normalized spacial score (nSPS) is 42.1. The summed E-state index contributed by atoms with van der Waals surface area (Å²) >= 11 is 0. The number of phenolic OH excluding ortho intramolecular Hbond substituents is 1. The predicted molar refractivity (Wildman–Crippen MR) is 77.6 cm³/mol. The second-order valence-corrected chi connectivity index (χ2v) is 6.80. The number of benzene rings is 1. The van der Waals surface area contributed by atoms with E-state index in [0.717, 1.165) is 19.4 Å². The largest absolute Gasteiger partial charge is 0.504 e. The minimum atomic E-state index is -0.511. The van der Waals surface area contributed by atoms with Gasteiger partial charge in [0.2, 0.25) is 0 Å². The van der Waals surface area contributed by atoms with E-state index in [1.807, 2.05) is 6.07 Å². The number of hydrogen-bond acceptors (Lipinski definition) is 4. The van der Waals surface area contributed by atoms with E-state index in [1.54, 1.807) is 6.07 Å². The highest BCUT2D eigenvalue weighted by atomic mass is 16.5. The number of nitrogens with one attached hydrogen (secondary N) is 1. The first-order chi connectivity index (χ1) is 10.2. The first-order valence-corrected chi connectivity index (χ1v) is 7.82. The number of aromatic hydroxyl groups is 1. The molecule has 2 aliphatic carbocycles. The van der Waals surface area contributed by atoms with Crippen molar-refractivity contribution in [3.8, 4) is 11.5 Å². The van der Waals surface area contributed by atoms with Crippen molar-refractivity contribution >= 4 is 0 Å². The maximum Gasteiger partial charge on any atom is 0.165 e. The number of phenols is 1. The summed E-state index contributed by atoms with van der Waals surface area (Å²) in [6, 6.07) is 4.15. The van der Waals surface area contributed by atoms with Gasteiger partial charge in [0.15, 0.2) is 11.5 Å². The Kier molecular flexibility index (Phi) is 2.19. The Balaban J connectivity index is 1.85. The molecule has 2 bridgehead atoms. The van der Waals surface area contributed by atoms with Gasteiger partial charge in [0, 0.05) is 22.9 Å². The Morgan fingerprint density at radius 1 is 1.33 bits per heavy atom. The first kappa shape index (κ1) is 12.1. The van der Waals surface area contributed by atoms with Crippen LogP contribution in [0.1, 0.15) is 24.0 Å². The fourth-order valence-electron chi connectivity index (χ4n) is 5.18. The summed E-state index contributed by atoms with van der Waals surface area (Å²) in [5.41, 5.74) is 2.26. The van der Waals surface area contributed by atoms with Crippen LogP contribution >= 0.6 is 0 Å². The molecular weight excluding hydrogens is 266 g/mol. The molecule has 5 rings (SSSR count). The monoisotopic (exact) mass is 285 g/mol. The lowest BCUT2D eigenvalue weighted by molar-refractivity contribution is -0.0218. The number of piperidine rings is 1. The van der Waals surface area contributed by atoms with E-state index >= 15 is 0 Å². The van der Waals surface area contributed by atoms with E-state index in [9.17, 15) is 10.2 Å². The number of rotatable bonds is 0. The molecule has 5 atom stereocenters. The maximum atomic E-state index is 10.6. The van der Waals surface area contributed by atoms with Gasteiger partial charge in [-0.25, -0.2) is 0 Å². The standard InChI is InChI=1S/C17H19NO3/c19-12-5-4-9-8-11-10-2-1-3-13(20)16-17(10,6-7-18-11)14(9)15(12)21-16/h1-2,4-5,10-11,13,16,18-20H,3,6-8H2/t10?,11?,13-,16?,17-/m0/s1. The Bertz CT molecular complexity index is 656. The smallest absolute Gasteiger partial charge is 0.165 e. The van der Waals surface area contributed by atoms with Crippen molar-refractivity contribution in [3.05, 3.63) is 35.4 Å². The van der Waals surface area contributed by atoms with Gasteiger partial charge in [0.25, 0.3) is 0 Å². The third kappa shape index (κ3) is 1.29. The van der Waals surface area contributed by atoms with Crippen LogP contribution in [0.15, 0.2) is 24.3 Å². The molecule has 1 spiro atoms. The average Bonchev–Trinajstić information content (AvgIpc) is 2.72. The van der Waals surface area contributed by atoms with E-state index < -0.39 is 6.10 Å². The SMILES string of the molecule is Oc1ccc2c3c1OC1[C@@H](O)CC=CC4C(C2)NCC[C@@]341. The molecule has 3 N–H and O–H groups in total. The third-order valence-corrected chi connectivity index (χ3v) is 5.92. The molecule has 4 heteroatoms. The van der Waals surface area contributed by atoms with Gasteiger partial charge in [-0.3, -0.25) is 0 Å². The summed E-state index contributed by atoms with van der Waals surface area (Å²) in [7, 11) is 0. The topological polar surface area (TPSA) is 61.7 Å². The molecule has 21 heavy (non-hydrogen) atoms. The maximum absolute atomic E-state index is 10.6. The van der Waals surface area contributed by atoms with Crippen LogP contribution in [0.25, 0.3) is 0 Å². The molecule has 0 saturated carbocycles. The van der Waals surface area contributed by atoms with Crippen molar-refractivity contribution in [2.45, 2.75) is 42.9 Å². The van der Waals surface area contributed by atoms with Crippen LogP contribution in [0.4, 0.5) is 0 Å². The summed E-state index contributed by atoms with van der Waals surface area (Å²) in [5.74, 6) is 1.17. The van der Waals surface area contributed by atoms with Gasteiger partial charge >= 0.3 is 0 Å². The van der Waals surface area contributed by atoms with Crippen LogP contribution in [0, 0.1) is 5.92 Å². The van der Waals surface area contributed by atoms with Crippen molar-refractivity contribution in [3.63, 3.8) is 0 Å². The summed E-state index contributed by atoms with van der Waals surface area (Å²) < 4.78 is 6.13. The van der Waals surface area contributed by atoms with Crippen LogP contribution in [-0.2, 0) is 11.8 Å². The molecule has 4 aliphatic rings. The lowest BCUT2D eigenvalue weighted by atomic mass is 9.56. The molecule has 1 saturated heterocycles. The van der Waals surface area contributed by atoms with Gasteiger partial charge in [0.1, 0.15) is 6.10 Å². The molecule has 1 aromatic carbocycles. The molecule has 1 aromatic rings. The van der Waals surface area contributed by atoms with Crippen LogP contribution in [-0.4, -0.2) is 35.0 Å². The lowest BCUT2D eigenvalue weighted by Gasteiger charge is -2.51. The van der Waals surface area contributed by atoms with Crippen molar-refractivity contribution < 1.29 is 14.9 Å². The van der Waals surface area contributed by atoms with E-state index in [4.69, 9.17) is 4.74 Å². The van der Waals surface area contributed by atoms with Crippen LogP contribution in [0.5, 0.6) is 11.5 Å². The molecule has 4 nitrogen and oxygen atoms in total. The number of aliphatic hydroxyl groups excluding tert-OH is 1. The zero-order valence-electron chi connectivity index (χ0n) is 11.7. The summed E-state index contributed by atoms with van der Waals surface area (Å²) in [5, 5.41) is 24.4. The molecule has 3 unspecified atom stereocenters. The fourth-order valence-corrected chi connectivity index (χ4v) is 5.18. The zero-order chi connectivity index (χ0) is 14.2. The highest BCUT2D eigenvalue weighted by Gasteiger charge is 2.62. The zero-order valence-corrected chi connectivity index (χ0v) is 11.7. The third-order valence-electron chi connectivity index (χ3n) is 5.92. The lowest BCUT2D eigenvalue weighted by Crippen LogP contribution is -2.62. The van der Waals surface area contributed by atoms with Gasteiger partial charge in [-0.05, 0) is 37.4 Å². The molecule has 0 aromatic heterocycles. The van der Waals surface area contributed by atoms with E-state index in [1.165, 1.54) is 11.1 Å². The number of hydrogen-bond donors (Lipinski definition) is 3. The summed E-state index contributed by atoms with van der Waals surface area (Å²) in [6.45, 7) is 0.941. The van der Waals surface area contributed by atoms with Crippen LogP contribution < -0.4 is 10.1 Å². The van der Waals surface area contributed by atoms with Gasteiger partial charge < -0.3 is 20.3 Å². The highest BCUT2D eigenvalue weighted by Crippen LogP contribution is 2.60. The fraction of sp³-hybridized carbons (Fsp3) is 0.529. The summed E-state index contributed by atoms with van der Waals surface area (Å²) in [6.07, 6.45) is 6.15. The van der Waals surface area contributed by atoms with Crippen LogP contribution in [0.2, 0.25) is 0 Å². The first-order valence-electron chi connectivity index (χ1n) is 7.82. The van der Waals surface area contributed by atoms with E-state index in [2.05, 4.69) is 17.5 Å². The minimum Gasteiger partial charge on any atom is -0.504 e. The van der Waals surface area contributed by atoms with Crippen molar-refractivity contribution in [2.75, 3.05) is 6.54 Å². The molecule has 2 heterocycles. The molecule has 0 radical (unpaired) electrons. The average molecular weight is 285 g/mol. The summed E-state index contributed by atoms with van der Waals surface area (Å²) in [4.78, 5) is 0. The minimum absolute atomic E-state index is 0.177. The number of ether oxygens (including phenoxy) is 1. The second-order valence-electron chi connectivity index (χ2n) is 6.80. The van der Waals surface area contributed by atoms with Crippen LogP contribution in [0.3, 0.4) is 0 Å². The van der Waals surface area contributed by atoms with Crippen molar-refractivity contribution in [1.29, 1.82) is 0 Å². The van der Waals surface area contributed by atoms with Crippen molar-refractivity contribution in [2.24, 2.45) is 5.92 Å². The molecule has 1 fully saturated rings. The Morgan fingerprint density at radius 2 is 2.24 bits per heavy atom. The Morgan fingerprint density at radius 3 is 3.14 bits per heavy atom. The van der Waals surface area contributed by atoms with E-state index in [0.29, 0.717) is 24.1 Å². The molecule has 2 aliphatic heterocycles. The van der Waals surface area contributed by atoms with Gasteiger partial charge in [-0.2, -0.15) is 0 Å². The predicted octanol–water partition coefficient (Wildman–Crippen LogP) is 1.25. The Labute approximate surface area is 123 Å². The quantitative estimate of drug-likeness (QED) is 0.628. The molecule has 0 amide bonds. The van der Waals surface area contributed by atoms with Gasteiger partial charge in [-0.15, -0.1) is 0 Å². The second kappa shape index (κ2) is 3.81. The molecular formula is C17H19NO3. The molecule has 110 valence electrons.